The molecule has 0 heterocycles. The van der Waals surface area contributed by atoms with E-state index in [4.69, 9.17) is 11.6 Å². The van der Waals surface area contributed by atoms with Crippen LogP contribution in [0.25, 0.3) is 0 Å². The first-order valence-electron chi connectivity index (χ1n) is 7.59. The van der Waals surface area contributed by atoms with Gasteiger partial charge >= 0.3 is 0 Å². The molecule has 0 aromatic heterocycles. The molecule has 0 N–H and O–H groups in total. The van der Waals surface area contributed by atoms with Crippen molar-refractivity contribution in [1.29, 1.82) is 0 Å². The van der Waals surface area contributed by atoms with Crippen molar-refractivity contribution in [2.24, 2.45) is 5.41 Å². The predicted molar refractivity (Wildman–Crippen MR) is 88.6 cm³/mol. The van der Waals surface area contributed by atoms with Gasteiger partial charge in [-0.1, -0.05) is 42.5 Å². The number of halogens is 1. The lowest BCUT2D eigenvalue weighted by Crippen LogP contribution is -2.45. The van der Waals surface area contributed by atoms with Gasteiger partial charge in [0.2, 0.25) is 5.91 Å². The summed E-state index contributed by atoms with van der Waals surface area (Å²) in [6.45, 7) is 0. The molecule has 0 aliphatic heterocycles. The van der Waals surface area contributed by atoms with E-state index in [1.54, 1.807) is 4.90 Å². The van der Waals surface area contributed by atoms with E-state index in [2.05, 4.69) is 36.4 Å². The van der Waals surface area contributed by atoms with Crippen LogP contribution in [0.2, 0.25) is 0 Å². The largest absolute Gasteiger partial charge is 0.348 e. The third kappa shape index (κ3) is 3.32. The molecule has 0 bridgehead atoms. The zero-order chi connectivity index (χ0) is 15.3. The predicted octanol–water partition coefficient (Wildman–Crippen LogP) is 4.21. The molecular weight excluding hydrogens is 282 g/mol. The lowest BCUT2D eigenvalue weighted by atomic mass is 9.63. The van der Waals surface area contributed by atoms with Crippen molar-refractivity contribution in [3.8, 4) is 0 Å². The van der Waals surface area contributed by atoms with E-state index in [9.17, 15) is 4.79 Å². The molecule has 1 amide bonds. The molecule has 0 saturated heterocycles. The maximum Gasteiger partial charge on any atom is 0.229 e. The van der Waals surface area contributed by atoms with Gasteiger partial charge in [0.1, 0.15) is 0 Å². The number of alkyl halides is 1. The highest BCUT2D eigenvalue weighted by molar-refractivity contribution is 6.17. The van der Waals surface area contributed by atoms with Crippen LogP contribution in [-0.4, -0.2) is 30.8 Å². The van der Waals surface area contributed by atoms with Crippen molar-refractivity contribution < 1.29 is 4.79 Å². The molecule has 114 valence electrons. The van der Waals surface area contributed by atoms with Crippen molar-refractivity contribution in [2.45, 2.75) is 31.6 Å². The van der Waals surface area contributed by atoms with Gasteiger partial charge in [-0.2, -0.15) is 0 Å². The van der Waals surface area contributed by atoms with Gasteiger partial charge in [0.15, 0.2) is 0 Å². The summed E-state index contributed by atoms with van der Waals surface area (Å²) in [7, 11) is 3.70. The second-order valence-corrected chi connectivity index (χ2v) is 6.40. The van der Waals surface area contributed by atoms with E-state index in [0.29, 0.717) is 5.88 Å². The first-order chi connectivity index (χ1) is 10.1. The molecule has 1 aliphatic carbocycles. The van der Waals surface area contributed by atoms with Gasteiger partial charge in [-0.15, -0.1) is 11.6 Å². The number of carbonyl (C=O) groups is 1. The molecule has 0 fully saturated rings. The molecular formula is C18H24ClNO. The lowest BCUT2D eigenvalue weighted by molar-refractivity contribution is -0.141. The Labute approximate surface area is 132 Å². The van der Waals surface area contributed by atoms with Crippen molar-refractivity contribution >= 4 is 17.5 Å². The zero-order valence-corrected chi connectivity index (χ0v) is 13.6. The number of amides is 1. The molecule has 0 saturated carbocycles. The average molecular weight is 306 g/mol. The van der Waals surface area contributed by atoms with Crippen LogP contribution in [0.4, 0.5) is 0 Å². The van der Waals surface area contributed by atoms with Crippen LogP contribution in [0.1, 0.15) is 37.2 Å². The van der Waals surface area contributed by atoms with Gasteiger partial charge in [-0.05, 0) is 31.2 Å². The van der Waals surface area contributed by atoms with E-state index < -0.39 is 0 Å². The molecule has 0 spiro atoms. The second kappa shape index (κ2) is 7.13. The minimum absolute atomic E-state index is 0.228. The smallest absolute Gasteiger partial charge is 0.229 e. The third-order valence-corrected chi connectivity index (χ3v) is 4.75. The summed E-state index contributed by atoms with van der Waals surface area (Å²) in [5.74, 6) is 1.07. The summed E-state index contributed by atoms with van der Waals surface area (Å²) >= 11 is 5.92. The van der Waals surface area contributed by atoms with Crippen LogP contribution < -0.4 is 0 Å². The van der Waals surface area contributed by atoms with Gasteiger partial charge in [0.25, 0.3) is 0 Å². The van der Waals surface area contributed by atoms with Crippen LogP contribution >= 0.6 is 11.6 Å². The molecule has 1 aliphatic rings. The Bertz CT molecular complexity index is 497. The Morgan fingerprint density at radius 2 is 2.00 bits per heavy atom. The number of nitrogens with zero attached hydrogens (tertiary/aromatic N) is 1. The minimum Gasteiger partial charge on any atom is -0.348 e. The van der Waals surface area contributed by atoms with Crippen LogP contribution in [0.3, 0.4) is 0 Å². The number of hydrogen-bond acceptors (Lipinski definition) is 1. The molecule has 1 aromatic rings. The molecule has 0 radical (unpaired) electrons. The quantitative estimate of drug-likeness (QED) is 0.589. The Hall–Kier alpha value is -1.28. The lowest BCUT2D eigenvalue weighted by Gasteiger charge is -2.42. The molecule has 21 heavy (non-hydrogen) atoms. The summed E-state index contributed by atoms with van der Waals surface area (Å²) in [4.78, 5) is 14.7. The van der Waals surface area contributed by atoms with Gasteiger partial charge in [-0.25, -0.2) is 0 Å². The van der Waals surface area contributed by atoms with Crippen molar-refractivity contribution in [1.82, 2.24) is 4.90 Å². The van der Waals surface area contributed by atoms with Crippen LogP contribution in [-0.2, 0) is 4.79 Å². The summed E-state index contributed by atoms with van der Waals surface area (Å²) in [6.07, 6.45) is 7.82. The Morgan fingerprint density at radius 3 is 2.62 bits per heavy atom. The maximum absolute atomic E-state index is 13.0. The van der Waals surface area contributed by atoms with Gasteiger partial charge in [0.05, 0.1) is 5.41 Å². The van der Waals surface area contributed by atoms with E-state index in [-0.39, 0.29) is 17.2 Å². The topological polar surface area (TPSA) is 20.3 Å². The summed E-state index contributed by atoms with van der Waals surface area (Å²) in [6, 6.07) is 10.4. The number of rotatable bonds is 5. The highest BCUT2D eigenvalue weighted by Crippen LogP contribution is 2.49. The summed E-state index contributed by atoms with van der Waals surface area (Å²) in [5, 5.41) is 0. The molecule has 1 aromatic carbocycles. The number of hydrogen-bond donors (Lipinski definition) is 0. The SMILES string of the molecule is CN(C)C(=O)C1(CCCCl)CC=CCC1c1ccccc1. The zero-order valence-electron chi connectivity index (χ0n) is 12.9. The Balaban J connectivity index is 2.43. The molecule has 2 nitrogen and oxygen atoms in total. The number of carbonyl (C=O) groups excluding carboxylic acids is 1. The average Bonchev–Trinajstić information content (AvgIpc) is 2.53. The fourth-order valence-corrected chi connectivity index (χ4v) is 3.62. The van der Waals surface area contributed by atoms with Crippen molar-refractivity contribution in [2.75, 3.05) is 20.0 Å². The van der Waals surface area contributed by atoms with E-state index in [0.717, 1.165) is 25.7 Å². The van der Waals surface area contributed by atoms with Crippen molar-refractivity contribution in [3.05, 3.63) is 48.0 Å². The number of benzene rings is 1. The first-order valence-corrected chi connectivity index (χ1v) is 8.13. The van der Waals surface area contributed by atoms with Crippen LogP contribution in [0.15, 0.2) is 42.5 Å². The van der Waals surface area contributed by atoms with Gasteiger partial charge in [0, 0.05) is 25.9 Å². The molecule has 2 unspecified atom stereocenters. The van der Waals surface area contributed by atoms with Crippen LogP contribution in [0.5, 0.6) is 0 Å². The fourth-order valence-electron chi connectivity index (χ4n) is 3.48. The van der Waals surface area contributed by atoms with E-state index >= 15 is 0 Å². The second-order valence-electron chi connectivity index (χ2n) is 6.02. The third-order valence-electron chi connectivity index (χ3n) is 4.48. The standard InChI is InChI=1S/C18H24ClNO/c1-20(2)17(21)18(13-8-14-19)12-7-6-11-16(18)15-9-4-3-5-10-15/h3-7,9-10,16H,8,11-14H2,1-2H3. The monoisotopic (exact) mass is 305 g/mol. The normalized spacial score (nSPS) is 24.8. The Morgan fingerprint density at radius 1 is 1.29 bits per heavy atom. The first kappa shape index (κ1) is 16.1. The van der Waals surface area contributed by atoms with Crippen molar-refractivity contribution in [3.63, 3.8) is 0 Å². The summed E-state index contributed by atoms with van der Waals surface area (Å²) in [5.41, 5.74) is 0.903. The van der Waals surface area contributed by atoms with Gasteiger partial charge in [-0.3, -0.25) is 4.79 Å². The summed E-state index contributed by atoms with van der Waals surface area (Å²) < 4.78 is 0. The van der Waals surface area contributed by atoms with Gasteiger partial charge < -0.3 is 4.90 Å². The fraction of sp³-hybridized carbons (Fsp3) is 0.500. The Kier molecular flexibility index (Phi) is 5.46. The molecule has 2 atom stereocenters. The molecule has 3 heteroatoms. The maximum atomic E-state index is 13.0. The highest BCUT2D eigenvalue weighted by Gasteiger charge is 2.46. The number of allylic oxidation sites excluding steroid dienone is 2. The van der Waals surface area contributed by atoms with E-state index in [1.807, 2.05) is 20.2 Å². The highest BCUT2D eigenvalue weighted by atomic mass is 35.5. The molecule has 2 rings (SSSR count). The van der Waals surface area contributed by atoms with E-state index in [1.165, 1.54) is 5.56 Å². The minimum atomic E-state index is -0.353. The van der Waals surface area contributed by atoms with Crippen LogP contribution in [0, 0.1) is 5.41 Å².